The summed E-state index contributed by atoms with van der Waals surface area (Å²) in [7, 11) is 0. The van der Waals surface area contributed by atoms with Crippen molar-refractivity contribution in [3.63, 3.8) is 0 Å². The molecular formula is C17H21F3N4O3S. The van der Waals surface area contributed by atoms with Gasteiger partial charge in [0.1, 0.15) is 0 Å². The van der Waals surface area contributed by atoms with Crippen molar-refractivity contribution in [2.75, 3.05) is 13.1 Å². The molecule has 1 unspecified atom stereocenters. The number of rotatable bonds is 5. The molecule has 28 heavy (non-hydrogen) atoms. The molecule has 0 saturated carbocycles. The van der Waals surface area contributed by atoms with E-state index in [0.29, 0.717) is 19.1 Å². The lowest BCUT2D eigenvalue weighted by molar-refractivity contribution is -0.192. The van der Waals surface area contributed by atoms with Crippen molar-refractivity contribution >= 4 is 23.2 Å². The number of carbonyl (C=O) groups is 2. The van der Waals surface area contributed by atoms with Crippen LogP contribution in [0.3, 0.4) is 0 Å². The molecule has 1 aliphatic rings. The summed E-state index contributed by atoms with van der Waals surface area (Å²) < 4.78 is 33.6. The molecule has 0 radical (unpaired) electrons. The molecule has 154 valence electrons. The second-order valence-corrected chi connectivity index (χ2v) is 7.25. The van der Waals surface area contributed by atoms with E-state index >= 15 is 0 Å². The highest BCUT2D eigenvalue weighted by Crippen LogP contribution is 2.29. The number of thiophene rings is 1. The van der Waals surface area contributed by atoms with Crippen LogP contribution in [0.1, 0.15) is 39.1 Å². The van der Waals surface area contributed by atoms with E-state index in [2.05, 4.69) is 21.8 Å². The molecule has 3 heterocycles. The molecule has 11 heteroatoms. The van der Waals surface area contributed by atoms with Crippen LogP contribution in [0.25, 0.3) is 0 Å². The van der Waals surface area contributed by atoms with E-state index in [4.69, 9.17) is 9.90 Å². The van der Waals surface area contributed by atoms with E-state index in [0.717, 1.165) is 17.1 Å². The zero-order chi connectivity index (χ0) is 20.7. The van der Waals surface area contributed by atoms with E-state index in [9.17, 15) is 18.0 Å². The van der Waals surface area contributed by atoms with E-state index in [-0.39, 0.29) is 5.91 Å². The summed E-state index contributed by atoms with van der Waals surface area (Å²) in [5.74, 6) is -2.75. The number of amides is 1. The Kier molecular flexibility index (Phi) is 7.58. The maximum absolute atomic E-state index is 12.1. The maximum Gasteiger partial charge on any atom is 0.490 e. The van der Waals surface area contributed by atoms with Crippen LogP contribution in [-0.4, -0.2) is 46.0 Å². The summed E-state index contributed by atoms with van der Waals surface area (Å²) in [6.07, 6.45) is -0.774. The monoisotopic (exact) mass is 418 g/mol. The normalized spacial score (nSPS) is 16.4. The first-order chi connectivity index (χ1) is 13.2. The molecule has 1 saturated heterocycles. The highest BCUT2D eigenvalue weighted by atomic mass is 32.1. The molecule has 1 amide bonds. The lowest BCUT2D eigenvalue weighted by Crippen LogP contribution is -2.26. The van der Waals surface area contributed by atoms with Gasteiger partial charge in [0.15, 0.2) is 0 Å². The molecule has 0 spiro atoms. The molecule has 7 nitrogen and oxygen atoms in total. The van der Waals surface area contributed by atoms with Crippen molar-refractivity contribution in [3.8, 4) is 0 Å². The molecular weight excluding hydrogens is 397 g/mol. The van der Waals surface area contributed by atoms with Gasteiger partial charge in [-0.15, -0.1) is 11.3 Å². The van der Waals surface area contributed by atoms with Crippen LogP contribution in [-0.2, 0) is 11.3 Å². The number of aliphatic carboxylic acids is 1. The van der Waals surface area contributed by atoms with Gasteiger partial charge in [0.25, 0.3) is 5.91 Å². The molecule has 1 aliphatic heterocycles. The minimum Gasteiger partial charge on any atom is -0.475 e. The highest BCUT2D eigenvalue weighted by molar-refractivity contribution is 7.14. The van der Waals surface area contributed by atoms with Gasteiger partial charge in [-0.05, 0) is 44.5 Å². The number of hydrogen-bond acceptors (Lipinski definition) is 5. The van der Waals surface area contributed by atoms with Crippen LogP contribution in [0.2, 0.25) is 0 Å². The lowest BCUT2D eigenvalue weighted by atomic mass is 10.2. The quantitative estimate of drug-likeness (QED) is 0.694. The summed E-state index contributed by atoms with van der Waals surface area (Å²) in [6, 6.07) is 6.39. The first kappa shape index (κ1) is 21.9. The first-order valence-electron chi connectivity index (χ1n) is 8.58. The van der Waals surface area contributed by atoms with Crippen molar-refractivity contribution in [2.45, 2.75) is 38.5 Å². The third-order valence-corrected chi connectivity index (χ3v) is 5.09. The fraction of sp³-hybridized carbons (Fsp3) is 0.471. The molecule has 1 atom stereocenters. The van der Waals surface area contributed by atoms with E-state index < -0.39 is 12.1 Å². The Bertz CT molecular complexity index is 798. The van der Waals surface area contributed by atoms with Gasteiger partial charge in [-0.2, -0.15) is 18.3 Å². The molecule has 0 aliphatic carbocycles. The van der Waals surface area contributed by atoms with Crippen LogP contribution in [0.15, 0.2) is 24.4 Å². The molecule has 1 fully saturated rings. The van der Waals surface area contributed by atoms with E-state index in [1.807, 2.05) is 29.9 Å². The van der Waals surface area contributed by atoms with Crippen LogP contribution in [0.5, 0.6) is 0 Å². The number of alkyl halides is 3. The van der Waals surface area contributed by atoms with Crippen molar-refractivity contribution in [1.29, 1.82) is 0 Å². The molecule has 3 rings (SSSR count). The molecule has 0 aromatic carbocycles. The van der Waals surface area contributed by atoms with E-state index in [1.54, 1.807) is 11.3 Å². The molecule has 2 aromatic heterocycles. The summed E-state index contributed by atoms with van der Waals surface area (Å²) in [6.45, 7) is 4.32. The largest absolute Gasteiger partial charge is 0.490 e. The van der Waals surface area contributed by atoms with E-state index in [1.165, 1.54) is 17.7 Å². The lowest BCUT2D eigenvalue weighted by Gasteiger charge is -2.06. The van der Waals surface area contributed by atoms with Crippen molar-refractivity contribution in [1.82, 2.24) is 20.4 Å². The predicted octanol–water partition coefficient (Wildman–Crippen LogP) is 2.74. The Hall–Kier alpha value is -2.40. The number of nitrogens with one attached hydrogen (secondary N) is 2. The minimum absolute atomic E-state index is 0.00752. The predicted molar refractivity (Wildman–Crippen MR) is 97.3 cm³/mol. The Balaban J connectivity index is 0.000000345. The number of hydrogen-bond donors (Lipinski definition) is 3. The average molecular weight is 418 g/mol. The standard InChI is InChI=1S/C15H20N4OS.C2HF3O2/c1-11-6-9-19(18-11)10-8-17-15(20)14-5-4-13(21-14)12-3-2-7-16-12;3-2(4,5)1(6)7/h4-6,9,12,16H,2-3,7-8,10H2,1H3,(H,17,20);(H,6,7). The van der Waals surface area contributed by atoms with Crippen molar-refractivity contribution < 1.29 is 27.9 Å². The molecule has 3 N–H and O–H groups in total. The third kappa shape index (κ3) is 6.64. The van der Waals surface area contributed by atoms with Crippen LogP contribution >= 0.6 is 11.3 Å². The molecule has 0 bridgehead atoms. The zero-order valence-electron chi connectivity index (χ0n) is 15.1. The van der Waals surface area contributed by atoms with Gasteiger partial charge in [0.05, 0.1) is 17.1 Å². The second-order valence-electron chi connectivity index (χ2n) is 6.13. The number of aryl methyl sites for hydroxylation is 1. The summed E-state index contributed by atoms with van der Waals surface area (Å²) in [4.78, 5) is 23.1. The van der Waals surface area contributed by atoms with Crippen LogP contribution < -0.4 is 10.6 Å². The van der Waals surface area contributed by atoms with Crippen molar-refractivity contribution in [2.24, 2.45) is 0 Å². The topological polar surface area (TPSA) is 96.3 Å². The second kappa shape index (κ2) is 9.69. The zero-order valence-corrected chi connectivity index (χ0v) is 15.9. The minimum atomic E-state index is -5.08. The van der Waals surface area contributed by atoms with Gasteiger partial charge >= 0.3 is 12.1 Å². The summed E-state index contributed by atoms with van der Waals surface area (Å²) >= 11 is 1.59. The number of carbonyl (C=O) groups excluding carboxylic acids is 1. The number of carboxylic acid groups (broad SMARTS) is 1. The number of nitrogens with zero attached hydrogens (tertiary/aromatic N) is 2. The smallest absolute Gasteiger partial charge is 0.475 e. The van der Waals surface area contributed by atoms with Gasteiger partial charge in [-0.3, -0.25) is 9.48 Å². The Labute approximate surface area is 163 Å². The first-order valence-corrected chi connectivity index (χ1v) is 9.40. The number of halogens is 3. The number of carboxylic acids is 1. The third-order valence-electron chi connectivity index (χ3n) is 3.90. The Morgan fingerprint density at radius 1 is 1.39 bits per heavy atom. The van der Waals surface area contributed by atoms with Crippen LogP contribution in [0.4, 0.5) is 13.2 Å². The SMILES string of the molecule is Cc1ccn(CCNC(=O)c2ccc(C3CCCN3)s2)n1.O=C(O)C(F)(F)F. The fourth-order valence-corrected chi connectivity index (χ4v) is 3.58. The van der Waals surface area contributed by atoms with Gasteiger partial charge in [0, 0.05) is 23.7 Å². The Morgan fingerprint density at radius 3 is 2.64 bits per heavy atom. The van der Waals surface area contributed by atoms with Crippen molar-refractivity contribution in [3.05, 3.63) is 39.8 Å². The fourth-order valence-electron chi connectivity index (χ4n) is 2.55. The molecule has 2 aromatic rings. The average Bonchev–Trinajstić information content (AvgIpc) is 3.36. The summed E-state index contributed by atoms with van der Waals surface area (Å²) in [5, 5.41) is 17.8. The summed E-state index contributed by atoms with van der Waals surface area (Å²) in [5.41, 5.74) is 0.994. The van der Waals surface area contributed by atoms with Crippen LogP contribution in [0, 0.1) is 6.92 Å². The van der Waals surface area contributed by atoms with Gasteiger partial charge in [0.2, 0.25) is 0 Å². The maximum atomic E-state index is 12.1. The number of aromatic nitrogens is 2. The van der Waals surface area contributed by atoms with Gasteiger partial charge in [-0.25, -0.2) is 4.79 Å². The Morgan fingerprint density at radius 2 is 2.11 bits per heavy atom. The van der Waals surface area contributed by atoms with Gasteiger partial charge in [-0.1, -0.05) is 0 Å². The van der Waals surface area contributed by atoms with Gasteiger partial charge < -0.3 is 15.7 Å². The highest BCUT2D eigenvalue weighted by Gasteiger charge is 2.38.